The first-order valence-electron chi connectivity index (χ1n) is 11.9. The summed E-state index contributed by atoms with van der Waals surface area (Å²) in [6.07, 6.45) is 7.66. The van der Waals surface area contributed by atoms with Gasteiger partial charge in [0.05, 0.1) is 5.56 Å². The fourth-order valence-electron chi connectivity index (χ4n) is 4.82. The van der Waals surface area contributed by atoms with E-state index in [1.165, 1.54) is 9.80 Å². The molecule has 0 aliphatic carbocycles. The number of carbonyl (C=O) groups excluding carboxylic acids is 4. The molecule has 0 saturated carbocycles. The largest absolute Gasteiger partial charge is 0.274 e. The second kappa shape index (κ2) is 9.75. The topological polar surface area (TPSA) is 74.8 Å². The lowest BCUT2D eigenvalue weighted by molar-refractivity contribution is 0.0585. The maximum Gasteiger partial charge on any atom is 0.262 e. The number of benzene rings is 2. The summed E-state index contributed by atoms with van der Waals surface area (Å²) in [4.78, 5) is 55.7. The van der Waals surface area contributed by atoms with Crippen molar-refractivity contribution in [1.29, 1.82) is 0 Å². The van der Waals surface area contributed by atoms with E-state index in [4.69, 9.17) is 0 Å². The summed E-state index contributed by atoms with van der Waals surface area (Å²) < 4.78 is 0.480. The Morgan fingerprint density at radius 2 is 1.12 bits per heavy atom. The molecule has 0 aromatic heterocycles. The molecule has 4 amide bonds. The predicted octanol–water partition coefficient (Wildman–Crippen LogP) is 5.95. The third kappa shape index (κ3) is 4.01. The minimum absolute atomic E-state index is 0.356. The van der Waals surface area contributed by atoms with E-state index < -0.39 is 0 Å². The molecule has 0 spiro atoms. The minimum atomic E-state index is -0.374. The maximum absolute atomic E-state index is 13.4. The second-order valence-electron chi connectivity index (χ2n) is 8.84. The molecular formula is C26H29BrN2O4. The Kier molecular flexibility index (Phi) is 6.98. The highest BCUT2D eigenvalue weighted by atomic mass is 79.9. The molecule has 2 heterocycles. The van der Waals surface area contributed by atoms with Crippen LogP contribution in [0.3, 0.4) is 0 Å². The van der Waals surface area contributed by atoms with E-state index in [9.17, 15) is 19.2 Å². The quantitative estimate of drug-likeness (QED) is 0.291. The highest BCUT2D eigenvalue weighted by Gasteiger charge is 2.40. The second-order valence-corrected chi connectivity index (χ2v) is 9.69. The zero-order chi connectivity index (χ0) is 23.7. The average Bonchev–Trinajstić information content (AvgIpc) is 2.80. The number of rotatable bonds is 10. The SMILES string of the molecule is CCCCCCN1C(=O)c2ccc3c4c(c(Br)cc(c24)C1=O)C(=O)N(CCCCCC)C3=O. The van der Waals surface area contributed by atoms with Gasteiger partial charge in [0.2, 0.25) is 0 Å². The Morgan fingerprint density at radius 3 is 1.67 bits per heavy atom. The molecule has 2 aliphatic rings. The van der Waals surface area contributed by atoms with Crippen LogP contribution in [0.2, 0.25) is 0 Å². The lowest BCUT2D eigenvalue weighted by Gasteiger charge is -2.32. The summed E-state index contributed by atoms with van der Waals surface area (Å²) in [6, 6.07) is 4.91. The molecule has 0 atom stereocenters. The van der Waals surface area contributed by atoms with Gasteiger partial charge < -0.3 is 0 Å². The number of amides is 4. The zero-order valence-corrected chi connectivity index (χ0v) is 20.8. The van der Waals surface area contributed by atoms with Gasteiger partial charge in [-0.3, -0.25) is 29.0 Å². The monoisotopic (exact) mass is 512 g/mol. The number of imide groups is 2. The lowest BCUT2D eigenvalue weighted by Crippen LogP contribution is -2.44. The van der Waals surface area contributed by atoms with E-state index >= 15 is 0 Å². The van der Waals surface area contributed by atoms with Crippen LogP contribution >= 0.6 is 15.9 Å². The fraction of sp³-hybridized carbons (Fsp3) is 0.462. The standard InChI is InChI=1S/C26H29BrN2O4/c1-3-5-7-9-13-28-23(30)16-11-12-17-21-20(16)18(25(28)32)15-19(27)22(21)26(33)29(24(17)31)14-10-8-6-4-2/h11-12,15H,3-10,13-14H2,1-2H3. The van der Waals surface area contributed by atoms with Crippen LogP contribution in [-0.4, -0.2) is 46.5 Å². The molecule has 0 unspecified atom stereocenters. The molecular weight excluding hydrogens is 484 g/mol. The van der Waals surface area contributed by atoms with Gasteiger partial charge in [0.1, 0.15) is 0 Å². The summed E-state index contributed by atoms with van der Waals surface area (Å²) in [5.41, 5.74) is 1.48. The van der Waals surface area contributed by atoms with E-state index in [0.29, 0.717) is 50.6 Å². The molecule has 6 nitrogen and oxygen atoms in total. The van der Waals surface area contributed by atoms with Gasteiger partial charge in [0, 0.05) is 45.0 Å². The van der Waals surface area contributed by atoms with Crippen LogP contribution in [0, 0.1) is 0 Å². The molecule has 0 fully saturated rings. The molecule has 174 valence electrons. The van der Waals surface area contributed by atoms with Crippen LogP contribution < -0.4 is 0 Å². The molecule has 4 rings (SSSR count). The van der Waals surface area contributed by atoms with E-state index in [0.717, 1.165) is 51.4 Å². The smallest absolute Gasteiger partial charge is 0.262 e. The van der Waals surface area contributed by atoms with Crippen molar-refractivity contribution in [3.8, 4) is 0 Å². The van der Waals surface area contributed by atoms with Crippen LogP contribution in [0.1, 0.15) is 107 Å². The van der Waals surface area contributed by atoms with Crippen LogP contribution in [0.25, 0.3) is 10.8 Å². The van der Waals surface area contributed by atoms with E-state index in [1.807, 2.05) is 0 Å². The van der Waals surface area contributed by atoms with Gasteiger partial charge in [-0.1, -0.05) is 52.4 Å². The van der Waals surface area contributed by atoms with Crippen molar-refractivity contribution >= 4 is 50.3 Å². The molecule has 2 aromatic rings. The van der Waals surface area contributed by atoms with E-state index in [1.54, 1.807) is 18.2 Å². The molecule has 7 heteroatoms. The van der Waals surface area contributed by atoms with Crippen molar-refractivity contribution in [2.45, 2.75) is 65.2 Å². The first-order valence-corrected chi connectivity index (χ1v) is 12.7. The predicted molar refractivity (Wildman–Crippen MR) is 131 cm³/mol. The Morgan fingerprint density at radius 1 is 0.636 bits per heavy atom. The van der Waals surface area contributed by atoms with Crippen molar-refractivity contribution < 1.29 is 19.2 Å². The van der Waals surface area contributed by atoms with Gasteiger partial charge in [-0.25, -0.2) is 0 Å². The fourth-order valence-corrected chi connectivity index (χ4v) is 5.42. The Labute approximate surface area is 202 Å². The Hall–Kier alpha value is -2.54. The van der Waals surface area contributed by atoms with Crippen molar-refractivity contribution in [2.24, 2.45) is 0 Å². The van der Waals surface area contributed by atoms with Gasteiger partial charge in [-0.2, -0.15) is 0 Å². The number of halogens is 1. The maximum atomic E-state index is 13.4. The van der Waals surface area contributed by atoms with Crippen molar-refractivity contribution in [3.05, 3.63) is 44.9 Å². The third-order valence-electron chi connectivity index (χ3n) is 6.59. The highest BCUT2D eigenvalue weighted by Crippen LogP contribution is 2.41. The first kappa shape index (κ1) is 23.6. The zero-order valence-electron chi connectivity index (χ0n) is 19.2. The Bertz CT molecular complexity index is 1160. The number of hydrogen-bond acceptors (Lipinski definition) is 4. The summed E-state index contributed by atoms with van der Waals surface area (Å²) in [6.45, 7) is 4.94. The normalized spacial score (nSPS) is 15.2. The highest BCUT2D eigenvalue weighted by molar-refractivity contribution is 9.10. The molecule has 2 aliphatic heterocycles. The molecule has 0 N–H and O–H groups in total. The third-order valence-corrected chi connectivity index (χ3v) is 7.22. The first-order chi connectivity index (χ1) is 15.9. The summed E-state index contributed by atoms with van der Waals surface area (Å²) in [7, 11) is 0. The average molecular weight is 513 g/mol. The molecule has 0 saturated heterocycles. The van der Waals surface area contributed by atoms with Crippen molar-refractivity contribution in [3.63, 3.8) is 0 Å². The van der Waals surface area contributed by atoms with E-state index in [2.05, 4.69) is 29.8 Å². The Balaban J connectivity index is 1.76. The van der Waals surface area contributed by atoms with Crippen LogP contribution in [0.5, 0.6) is 0 Å². The number of unbranched alkanes of at least 4 members (excludes halogenated alkanes) is 6. The molecule has 33 heavy (non-hydrogen) atoms. The summed E-state index contributed by atoms with van der Waals surface area (Å²) in [5, 5.41) is 0.849. The van der Waals surface area contributed by atoms with E-state index in [-0.39, 0.29) is 23.6 Å². The van der Waals surface area contributed by atoms with Gasteiger partial charge >= 0.3 is 0 Å². The molecule has 0 radical (unpaired) electrons. The summed E-state index contributed by atoms with van der Waals surface area (Å²) >= 11 is 3.49. The summed E-state index contributed by atoms with van der Waals surface area (Å²) in [5.74, 6) is -1.45. The van der Waals surface area contributed by atoms with Crippen molar-refractivity contribution in [1.82, 2.24) is 9.80 Å². The van der Waals surface area contributed by atoms with Crippen LogP contribution in [0.4, 0.5) is 0 Å². The number of nitrogens with zero attached hydrogens (tertiary/aromatic N) is 2. The number of hydrogen-bond donors (Lipinski definition) is 0. The van der Waals surface area contributed by atoms with Crippen LogP contribution in [0.15, 0.2) is 22.7 Å². The van der Waals surface area contributed by atoms with Crippen LogP contribution in [-0.2, 0) is 0 Å². The van der Waals surface area contributed by atoms with Gasteiger partial charge in [-0.15, -0.1) is 0 Å². The lowest BCUT2D eigenvalue weighted by atomic mass is 9.85. The van der Waals surface area contributed by atoms with Crippen molar-refractivity contribution in [2.75, 3.05) is 13.1 Å². The van der Waals surface area contributed by atoms with Gasteiger partial charge in [0.25, 0.3) is 23.6 Å². The number of carbonyl (C=O) groups is 4. The molecule has 2 aromatic carbocycles. The van der Waals surface area contributed by atoms with Gasteiger partial charge in [0.15, 0.2) is 0 Å². The minimum Gasteiger partial charge on any atom is -0.274 e. The van der Waals surface area contributed by atoms with Gasteiger partial charge in [-0.05, 0) is 47.0 Å². The molecule has 0 bridgehead atoms.